The van der Waals surface area contributed by atoms with E-state index >= 15 is 0 Å². The van der Waals surface area contributed by atoms with E-state index in [4.69, 9.17) is 0 Å². The average Bonchev–Trinajstić information content (AvgIpc) is 3.09. The summed E-state index contributed by atoms with van der Waals surface area (Å²) in [5.41, 5.74) is 3.91. The summed E-state index contributed by atoms with van der Waals surface area (Å²) in [4.78, 5) is 31.1. The monoisotopic (exact) mass is 350 g/mol. The fourth-order valence-corrected chi connectivity index (χ4v) is 3.60. The minimum atomic E-state index is -0.00146. The first-order valence-corrected chi connectivity index (χ1v) is 8.98. The Kier molecular flexibility index (Phi) is 4.11. The number of carbonyl (C=O) groups is 1. The van der Waals surface area contributed by atoms with Crippen molar-refractivity contribution in [1.29, 1.82) is 0 Å². The SMILES string of the molecule is Cc1cc(-c2ccc3ncc(C(=O)N4CCCCC4)n3c2)cn(C)c1=O. The molecule has 1 fully saturated rings. The number of amides is 1. The van der Waals surface area contributed by atoms with Crippen LogP contribution >= 0.6 is 0 Å². The Balaban J connectivity index is 1.77. The molecule has 4 heterocycles. The first-order chi connectivity index (χ1) is 12.5. The molecule has 3 aromatic heterocycles. The number of piperidine rings is 1. The Bertz CT molecular complexity index is 1020. The van der Waals surface area contributed by atoms with Crippen molar-refractivity contribution < 1.29 is 4.79 Å². The minimum absolute atomic E-state index is 0.00146. The van der Waals surface area contributed by atoms with Crippen molar-refractivity contribution in [3.8, 4) is 11.1 Å². The number of rotatable bonds is 2. The predicted octanol–water partition coefficient (Wildman–Crippen LogP) is 2.63. The number of carbonyl (C=O) groups excluding carboxylic acids is 1. The standard InChI is InChI=1S/C20H22N4O2/c1-14-10-16(12-22(2)19(14)25)15-6-7-18-21-11-17(24(18)13-15)20(26)23-8-4-3-5-9-23/h6-7,10-13H,3-5,8-9H2,1-2H3. The van der Waals surface area contributed by atoms with Crippen LogP contribution < -0.4 is 5.56 Å². The van der Waals surface area contributed by atoms with Crippen LogP contribution in [0.5, 0.6) is 0 Å². The van der Waals surface area contributed by atoms with Gasteiger partial charge in [0.15, 0.2) is 0 Å². The Morgan fingerprint density at radius 2 is 1.85 bits per heavy atom. The van der Waals surface area contributed by atoms with E-state index in [0.717, 1.165) is 42.7 Å². The third-order valence-corrected chi connectivity index (χ3v) is 5.06. The van der Waals surface area contributed by atoms with E-state index in [2.05, 4.69) is 4.98 Å². The second-order valence-electron chi connectivity index (χ2n) is 6.97. The van der Waals surface area contributed by atoms with Gasteiger partial charge in [0.05, 0.1) is 6.20 Å². The molecule has 0 N–H and O–H groups in total. The molecular weight excluding hydrogens is 328 g/mol. The van der Waals surface area contributed by atoms with Gasteiger partial charge in [0.25, 0.3) is 11.5 Å². The lowest BCUT2D eigenvalue weighted by atomic mass is 10.1. The fraction of sp³-hybridized carbons (Fsp3) is 0.350. The maximum Gasteiger partial charge on any atom is 0.272 e. The highest BCUT2D eigenvalue weighted by molar-refractivity contribution is 5.93. The molecule has 0 saturated carbocycles. The van der Waals surface area contributed by atoms with E-state index in [9.17, 15) is 9.59 Å². The van der Waals surface area contributed by atoms with Crippen LogP contribution in [0, 0.1) is 6.92 Å². The lowest BCUT2D eigenvalue weighted by Crippen LogP contribution is -2.36. The average molecular weight is 350 g/mol. The smallest absolute Gasteiger partial charge is 0.272 e. The summed E-state index contributed by atoms with van der Waals surface area (Å²) in [6, 6.07) is 5.76. The van der Waals surface area contributed by atoms with Crippen LogP contribution in [0.2, 0.25) is 0 Å². The molecule has 0 unspecified atom stereocenters. The Morgan fingerprint density at radius 3 is 2.58 bits per heavy atom. The summed E-state index contributed by atoms with van der Waals surface area (Å²) in [6.45, 7) is 3.43. The van der Waals surface area contributed by atoms with Crippen LogP contribution in [-0.2, 0) is 7.05 Å². The third-order valence-electron chi connectivity index (χ3n) is 5.06. The minimum Gasteiger partial charge on any atom is -0.337 e. The van der Waals surface area contributed by atoms with Gasteiger partial charge in [-0.3, -0.25) is 14.0 Å². The van der Waals surface area contributed by atoms with Gasteiger partial charge in [-0.25, -0.2) is 4.98 Å². The maximum absolute atomic E-state index is 12.9. The summed E-state index contributed by atoms with van der Waals surface area (Å²) in [6.07, 6.45) is 8.71. The summed E-state index contributed by atoms with van der Waals surface area (Å²) in [5.74, 6) is 0.0333. The van der Waals surface area contributed by atoms with E-state index in [1.54, 1.807) is 17.8 Å². The highest BCUT2D eigenvalue weighted by atomic mass is 16.2. The van der Waals surface area contributed by atoms with Crippen molar-refractivity contribution in [2.24, 2.45) is 7.05 Å². The normalized spacial score (nSPS) is 14.8. The fourth-order valence-electron chi connectivity index (χ4n) is 3.60. The molecule has 6 heteroatoms. The third kappa shape index (κ3) is 2.81. The summed E-state index contributed by atoms with van der Waals surface area (Å²) < 4.78 is 3.44. The molecule has 0 aromatic carbocycles. The number of hydrogen-bond donors (Lipinski definition) is 0. The second-order valence-corrected chi connectivity index (χ2v) is 6.97. The van der Waals surface area contributed by atoms with E-state index in [1.807, 2.05) is 46.8 Å². The lowest BCUT2D eigenvalue weighted by molar-refractivity contribution is 0.0717. The molecule has 26 heavy (non-hydrogen) atoms. The number of fused-ring (bicyclic) bond motifs is 1. The van der Waals surface area contributed by atoms with Gasteiger partial charge in [-0.1, -0.05) is 0 Å². The zero-order valence-corrected chi connectivity index (χ0v) is 15.1. The van der Waals surface area contributed by atoms with Crippen LogP contribution in [0.1, 0.15) is 35.3 Å². The Hall–Kier alpha value is -2.89. The van der Waals surface area contributed by atoms with Gasteiger partial charge >= 0.3 is 0 Å². The van der Waals surface area contributed by atoms with Crippen LogP contribution in [0.4, 0.5) is 0 Å². The predicted molar refractivity (Wildman–Crippen MR) is 100 cm³/mol. The van der Waals surface area contributed by atoms with Crippen LogP contribution in [0.3, 0.4) is 0 Å². The molecule has 3 aromatic rings. The van der Waals surface area contributed by atoms with Gasteiger partial charge < -0.3 is 9.47 Å². The van der Waals surface area contributed by atoms with Crippen molar-refractivity contribution in [2.75, 3.05) is 13.1 Å². The molecule has 4 rings (SSSR count). The summed E-state index contributed by atoms with van der Waals surface area (Å²) in [5, 5.41) is 0. The van der Waals surface area contributed by atoms with Crippen LogP contribution in [-0.4, -0.2) is 37.8 Å². The van der Waals surface area contributed by atoms with Crippen LogP contribution in [0.25, 0.3) is 16.8 Å². The molecular formula is C20H22N4O2. The highest BCUT2D eigenvalue weighted by Crippen LogP contribution is 2.22. The quantitative estimate of drug-likeness (QED) is 0.714. The van der Waals surface area contributed by atoms with Crippen molar-refractivity contribution in [1.82, 2.24) is 18.9 Å². The summed E-state index contributed by atoms with van der Waals surface area (Å²) >= 11 is 0. The first kappa shape index (κ1) is 16.6. The van der Waals surface area contributed by atoms with Gasteiger partial charge in [-0.15, -0.1) is 0 Å². The van der Waals surface area contributed by atoms with Gasteiger partial charge in [0.1, 0.15) is 11.3 Å². The summed E-state index contributed by atoms with van der Waals surface area (Å²) in [7, 11) is 1.75. The number of nitrogens with zero attached hydrogens (tertiary/aromatic N) is 4. The number of pyridine rings is 2. The van der Waals surface area contributed by atoms with Crippen molar-refractivity contribution in [2.45, 2.75) is 26.2 Å². The van der Waals surface area contributed by atoms with E-state index < -0.39 is 0 Å². The molecule has 0 bridgehead atoms. The molecule has 1 aliphatic heterocycles. The van der Waals surface area contributed by atoms with Gasteiger partial charge in [-0.2, -0.15) is 0 Å². The van der Waals surface area contributed by atoms with Gasteiger partial charge in [0.2, 0.25) is 0 Å². The van der Waals surface area contributed by atoms with Gasteiger partial charge in [0, 0.05) is 38.1 Å². The number of hydrogen-bond acceptors (Lipinski definition) is 3. The van der Waals surface area contributed by atoms with E-state index in [0.29, 0.717) is 11.3 Å². The Morgan fingerprint density at radius 1 is 1.08 bits per heavy atom. The van der Waals surface area contributed by atoms with E-state index in [-0.39, 0.29) is 11.5 Å². The topological polar surface area (TPSA) is 59.6 Å². The molecule has 6 nitrogen and oxygen atoms in total. The maximum atomic E-state index is 12.9. The molecule has 1 saturated heterocycles. The van der Waals surface area contributed by atoms with Crippen molar-refractivity contribution >= 4 is 11.6 Å². The van der Waals surface area contributed by atoms with Crippen molar-refractivity contribution in [3.63, 3.8) is 0 Å². The first-order valence-electron chi connectivity index (χ1n) is 8.98. The number of aromatic nitrogens is 3. The zero-order chi connectivity index (χ0) is 18.3. The molecule has 0 spiro atoms. The number of aryl methyl sites for hydroxylation is 2. The number of likely N-dealkylation sites (tertiary alicyclic amines) is 1. The van der Waals surface area contributed by atoms with Crippen LogP contribution in [0.15, 0.2) is 41.6 Å². The largest absolute Gasteiger partial charge is 0.337 e. The van der Waals surface area contributed by atoms with Crippen molar-refractivity contribution in [3.05, 3.63) is 58.4 Å². The Labute approximate surface area is 151 Å². The zero-order valence-electron chi connectivity index (χ0n) is 15.1. The molecule has 0 aliphatic carbocycles. The molecule has 0 radical (unpaired) electrons. The highest BCUT2D eigenvalue weighted by Gasteiger charge is 2.21. The van der Waals surface area contributed by atoms with Gasteiger partial charge in [-0.05, 0) is 55.5 Å². The molecule has 1 amide bonds. The number of imidazole rings is 1. The second kappa shape index (κ2) is 6.44. The molecule has 0 atom stereocenters. The molecule has 134 valence electrons. The lowest BCUT2D eigenvalue weighted by Gasteiger charge is -2.26. The van der Waals surface area contributed by atoms with E-state index in [1.165, 1.54) is 6.42 Å². The molecule has 1 aliphatic rings.